The van der Waals surface area contributed by atoms with Gasteiger partial charge in [-0.1, -0.05) is 50.1 Å². The van der Waals surface area contributed by atoms with Gasteiger partial charge in [0.1, 0.15) is 10.7 Å². The van der Waals surface area contributed by atoms with Crippen molar-refractivity contribution in [1.82, 2.24) is 9.29 Å². The molecular weight excluding hydrogens is 346 g/mol. The van der Waals surface area contributed by atoms with Gasteiger partial charge in [0.05, 0.1) is 6.04 Å². The van der Waals surface area contributed by atoms with Crippen molar-refractivity contribution in [2.75, 3.05) is 18.4 Å². The largest absolute Gasteiger partial charge is 0.363 e. The van der Waals surface area contributed by atoms with Crippen LogP contribution >= 0.6 is 0 Å². The van der Waals surface area contributed by atoms with Crippen molar-refractivity contribution in [3.8, 4) is 0 Å². The number of nitrogens with one attached hydrogen (secondary N) is 1. The van der Waals surface area contributed by atoms with Gasteiger partial charge in [-0.15, -0.1) is 0 Å². The molecule has 0 bridgehead atoms. The molecule has 1 saturated heterocycles. The summed E-state index contributed by atoms with van der Waals surface area (Å²) in [5.74, 6) is 0.699. The van der Waals surface area contributed by atoms with Crippen LogP contribution in [0.2, 0.25) is 0 Å². The van der Waals surface area contributed by atoms with Crippen LogP contribution < -0.4 is 5.32 Å². The van der Waals surface area contributed by atoms with Crippen molar-refractivity contribution in [2.24, 2.45) is 0 Å². The van der Waals surface area contributed by atoms with E-state index in [-0.39, 0.29) is 10.9 Å². The molecule has 1 N–H and O–H groups in total. The Morgan fingerprint density at radius 2 is 1.81 bits per heavy atom. The second kappa shape index (κ2) is 8.64. The Morgan fingerprint density at radius 1 is 1.08 bits per heavy atom. The Balaban J connectivity index is 1.74. The molecule has 140 valence electrons. The van der Waals surface area contributed by atoms with Crippen molar-refractivity contribution in [2.45, 2.75) is 50.0 Å². The number of anilines is 1. The zero-order valence-corrected chi connectivity index (χ0v) is 16.1. The van der Waals surface area contributed by atoms with Gasteiger partial charge >= 0.3 is 0 Å². The molecule has 1 atom stereocenters. The van der Waals surface area contributed by atoms with Gasteiger partial charge in [-0.3, -0.25) is 0 Å². The summed E-state index contributed by atoms with van der Waals surface area (Å²) in [6, 6.07) is 13.9. The van der Waals surface area contributed by atoms with Crippen LogP contribution in [0.15, 0.2) is 53.6 Å². The van der Waals surface area contributed by atoms with E-state index in [9.17, 15) is 8.42 Å². The van der Waals surface area contributed by atoms with Crippen LogP contribution in [0, 0.1) is 0 Å². The number of hydrogen-bond donors (Lipinski definition) is 1. The van der Waals surface area contributed by atoms with Gasteiger partial charge in [-0.05, 0) is 37.0 Å². The first-order valence-corrected chi connectivity index (χ1v) is 10.8. The van der Waals surface area contributed by atoms with Crippen molar-refractivity contribution < 1.29 is 8.42 Å². The highest BCUT2D eigenvalue weighted by molar-refractivity contribution is 7.89. The lowest BCUT2D eigenvalue weighted by molar-refractivity contribution is 0.346. The molecule has 0 spiro atoms. The van der Waals surface area contributed by atoms with Crippen molar-refractivity contribution in [3.63, 3.8) is 0 Å². The van der Waals surface area contributed by atoms with Gasteiger partial charge in [0, 0.05) is 19.3 Å². The molecule has 1 aromatic carbocycles. The molecule has 1 fully saturated rings. The first-order valence-electron chi connectivity index (χ1n) is 9.39. The normalized spacial score (nSPS) is 17.0. The third kappa shape index (κ3) is 4.43. The number of hydrogen-bond acceptors (Lipinski definition) is 4. The summed E-state index contributed by atoms with van der Waals surface area (Å²) in [5.41, 5.74) is 1.21. The average Bonchev–Trinajstić information content (AvgIpc) is 2.69. The summed E-state index contributed by atoms with van der Waals surface area (Å²) >= 11 is 0. The Hall–Kier alpha value is -1.92. The van der Waals surface area contributed by atoms with E-state index in [1.165, 1.54) is 11.8 Å². The lowest BCUT2D eigenvalue weighted by Gasteiger charge is -2.25. The topological polar surface area (TPSA) is 62.3 Å². The molecule has 2 heterocycles. The zero-order chi connectivity index (χ0) is 18.4. The summed E-state index contributed by atoms with van der Waals surface area (Å²) in [6.45, 7) is 3.36. The average molecular weight is 374 g/mol. The van der Waals surface area contributed by atoms with Gasteiger partial charge < -0.3 is 5.32 Å². The summed E-state index contributed by atoms with van der Waals surface area (Å²) in [6.07, 6.45) is 6.48. The number of aromatic nitrogens is 1. The number of nitrogens with zero attached hydrogens (tertiary/aromatic N) is 2. The number of piperidine rings is 1. The predicted molar refractivity (Wildman–Crippen MR) is 105 cm³/mol. The first-order chi connectivity index (χ1) is 12.6. The third-order valence-corrected chi connectivity index (χ3v) is 6.67. The minimum atomic E-state index is -3.43. The van der Waals surface area contributed by atoms with Crippen LogP contribution in [0.3, 0.4) is 0 Å². The van der Waals surface area contributed by atoms with Gasteiger partial charge in [-0.2, -0.15) is 4.31 Å². The fraction of sp³-hybridized carbons (Fsp3) is 0.450. The molecule has 0 aliphatic carbocycles. The number of pyridine rings is 1. The predicted octanol–water partition coefficient (Wildman–Crippen LogP) is 4.21. The van der Waals surface area contributed by atoms with E-state index in [4.69, 9.17) is 0 Å². The monoisotopic (exact) mass is 373 g/mol. The maximum atomic E-state index is 12.7. The van der Waals surface area contributed by atoms with Gasteiger partial charge in [0.2, 0.25) is 10.0 Å². The van der Waals surface area contributed by atoms with Crippen molar-refractivity contribution >= 4 is 15.8 Å². The van der Waals surface area contributed by atoms with E-state index < -0.39 is 10.0 Å². The summed E-state index contributed by atoms with van der Waals surface area (Å²) in [4.78, 5) is 4.65. The second-order valence-electron chi connectivity index (χ2n) is 6.74. The molecule has 26 heavy (non-hydrogen) atoms. The molecule has 0 radical (unpaired) electrons. The van der Waals surface area contributed by atoms with Crippen LogP contribution in [0.1, 0.15) is 50.6 Å². The molecular formula is C20H27N3O2S. The van der Waals surface area contributed by atoms with Gasteiger partial charge in [0.15, 0.2) is 0 Å². The SMILES string of the molecule is CCCC(Nc1ccc(S(=O)(=O)N2CCCCC2)cn1)c1ccccc1. The molecule has 0 saturated carbocycles. The summed E-state index contributed by atoms with van der Waals surface area (Å²) in [7, 11) is -3.43. The van der Waals surface area contributed by atoms with Crippen LogP contribution in [0.4, 0.5) is 5.82 Å². The molecule has 0 amide bonds. The summed E-state index contributed by atoms with van der Waals surface area (Å²) < 4.78 is 27.0. The van der Waals surface area contributed by atoms with E-state index in [2.05, 4.69) is 29.4 Å². The highest BCUT2D eigenvalue weighted by Gasteiger charge is 2.26. The van der Waals surface area contributed by atoms with E-state index in [0.717, 1.165) is 32.1 Å². The minimum Gasteiger partial charge on any atom is -0.363 e. The Labute approximate surface area is 156 Å². The van der Waals surface area contributed by atoms with E-state index >= 15 is 0 Å². The molecule has 3 rings (SSSR count). The van der Waals surface area contributed by atoms with Gasteiger partial charge in [-0.25, -0.2) is 13.4 Å². The molecule has 5 nitrogen and oxygen atoms in total. The smallest absolute Gasteiger partial charge is 0.244 e. The molecule has 2 aromatic rings. The van der Waals surface area contributed by atoms with Crippen molar-refractivity contribution in [1.29, 1.82) is 0 Å². The zero-order valence-electron chi connectivity index (χ0n) is 15.3. The van der Waals surface area contributed by atoms with E-state index in [1.807, 2.05) is 18.2 Å². The third-order valence-electron chi connectivity index (χ3n) is 4.79. The Bertz CT molecular complexity index is 786. The number of sulfonamides is 1. The highest BCUT2D eigenvalue weighted by atomic mass is 32.2. The maximum Gasteiger partial charge on any atom is 0.244 e. The van der Waals surface area contributed by atoms with Crippen molar-refractivity contribution in [3.05, 3.63) is 54.2 Å². The van der Waals surface area contributed by atoms with E-state index in [0.29, 0.717) is 18.9 Å². The molecule has 1 aliphatic heterocycles. The number of benzene rings is 1. The van der Waals surface area contributed by atoms with Crippen LogP contribution in [0.25, 0.3) is 0 Å². The molecule has 6 heteroatoms. The Kier molecular flexibility index (Phi) is 6.27. The fourth-order valence-corrected chi connectivity index (χ4v) is 4.81. The van der Waals surface area contributed by atoms with Crippen LogP contribution in [-0.4, -0.2) is 30.8 Å². The molecule has 1 unspecified atom stereocenters. The highest BCUT2D eigenvalue weighted by Crippen LogP contribution is 2.25. The molecule has 1 aromatic heterocycles. The second-order valence-corrected chi connectivity index (χ2v) is 8.68. The minimum absolute atomic E-state index is 0.165. The lowest BCUT2D eigenvalue weighted by Crippen LogP contribution is -2.35. The quantitative estimate of drug-likeness (QED) is 0.790. The first kappa shape index (κ1) is 18.9. The number of rotatable bonds is 7. The van der Waals surface area contributed by atoms with Gasteiger partial charge in [0.25, 0.3) is 0 Å². The fourth-order valence-electron chi connectivity index (χ4n) is 3.35. The Morgan fingerprint density at radius 3 is 2.42 bits per heavy atom. The lowest BCUT2D eigenvalue weighted by atomic mass is 10.0. The summed E-state index contributed by atoms with van der Waals surface area (Å²) in [5, 5.41) is 3.43. The van der Waals surface area contributed by atoms with Crippen LogP contribution in [0.5, 0.6) is 0 Å². The molecule has 1 aliphatic rings. The standard InChI is InChI=1S/C20H27N3O2S/c1-2-9-19(17-10-5-3-6-11-17)22-20-13-12-18(16-21-20)26(24,25)23-14-7-4-8-15-23/h3,5-6,10-13,16,19H,2,4,7-9,14-15H2,1H3,(H,21,22). The van der Waals surface area contributed by atoms with E-state index in [1.54, 1.807) is 16.4 Å². The maximum absolute atomic E-state index is 12.7. The van der Waals surface area contributed by atoms with Crippen LogP contribution in [-0.2, 0) is 10.0 Å².